The fourth-order valence-corrected chi connectivity index (χ4v) is 3.72. The number of hydrogen-bond donors (Lipinski definition) is 1. The number of rotatable bonds is 9. The Labute approximate surface area is 202 Å². The van der Waals surface area contributed by atoms with Crippen LogP contribution in [0.4, 0.5) is 4.39 Å². The van der Waals surface area contributed by atoms with Gasteiger partial charge in [0.2, 0.25) is 5.91 Å². The normalized spacial score (nSPS) is 12.5. The van der Waals surface area contributed by atoms with Gasteiger partial charge >= 0.3 is 0 Å². The molecule has 1 atom stereocenters. The first-order valence-electron chi connectivity index (χ1n) is 11.4. The summed E-state index contributed by atoms with van der Waals surface area (Å²) in [7, 11) is 0. The first-order valence-corrected chi connectivity index (χ1v) is 11.4. The molecule has 2 amide bonds. The maximum Gasteiger partial charge on any atom is 0.251 e. The Kier molecular flexibility index (Phi) is 6.95. The van der Waals surface area contributed by atoms with Crippen LogP contribution in [0, 0.1) is 5.82 Å². The molecule has 0 saturated carbocycles. The van der Waals surface area contributed by atoms with Gasteiger partial charge in [0.15, 0.2) is 6.04 Å². The molecular weight excluding hydrogens is 449 g/mol. The Morgan fingerprint density at radius 1 is 1.11 bits per heavy atom. The van der Waals surface area contributed by atoms with Crippen LogP contribution in [0.15, 0.2) is 71.3 Å². The molecule has 0 fully saturated rings. The second-order valence-electron chi connectivity index (χ2n) is 9.03. The largest absolute Gasteiger partial charge is 0.467 e. The van der Waals surface area contributed by atoms with E-state index in [2.05, 4.69) is 15.6 Å². The molecule has 8 nitrogen and oxygen atoms in total. The van der Waals surface area contributed by atoms with Gasteiger partial charge in [0.1, 0.15) is 23.6 Å². The zero-order chi connectivity index (χ0) is 25.0. The molecule has 35 heavy (non-hydrogen) atoms. The number of aromatic nitrogens is 3. The summed E-state index contributed by atoms with van der Waals surface area (Å²) in [4.78, 5) is 28.7. The highest BCUT2D eigenvalue weighted by atomic mass is 19.1. The Morgan fingerprint density at radius 3 is 2.54 bits per heavy atom. The van der Waals surface area contributed by atoms with Gasteiger partial charge in [-0.1, -0.05) is 36.4 Å². The summed E-state index contributed by atoms with van der Waals surface area (Å²) in [5.41, 5.74) is 1.54. The van der Waals surface area contributed by atoms with Gasteiger partial charge in [-0.3, -0.25) is 9.59 Å². The fourth-order valence-electron chi connectivity index (χ4n) is 3.72. The van der Waals surface area contributed by atoms with E-state index in [4.69, 9.17) is 4.42 Å². The van der Waals surface area contributed by atoms with Crippen LogP contribution in [0.2, 0.25) is 0 Å². The number of nitrogens with one attached hydrogen (secondary N) is 1. The van der Waals surface area contributed by atoms with Gasteiger partial charge in [-0.05, 0) is 62.2 Å². The van der Waals surface area contributed by atoms with E-state index in [1.165, 1.54) is 28.0 Å². The summed E-state index contributed by atoms with van der Waals surface area (Å²) in [6, 6.07) is 15.5. The Balaban J connectivity index is 1.72. The lowest BCUT2D eigenvalue weighted by atomic mass is 10.0. The van der Waals surface area contributed by atoms with Crippen LogP contribution in [0.25, 0.3) is 11.0 Å². The molecule has 0 aliphatic carbocycles. The monoisotopic (exact) mass is 477 g/mol. The highest BCUT2D eigenvalue weighted by Gasteiger charge is 2.36. The summed E-state index contributed by atoms with van der Waals surface area (Å²) < 4.78 is 20.7. The van der Waals surface area contributed by atoms with Crippen LogP contribution in [-0.4, -0.2) is 37.2 Å². The molecule has 2 aromatic carbocycles. The van der Waals surface area contributed by atoms with Crippen molar-refractivity contribution in [2.45, 2.75) is 51.9 Å². The van der Waals surface area contributed by atoms with Gasteiger partial charge in [0, 0.05) is 12.1 Å². The Morgan fingerprint density at radius 2 is 1.86 bits per heavy atom. The van der Waals surface area contributed by atoms with E-state index in [1.807, 2.05) is 45.0 Å². The average molecular weight is 478 g/mol. The number of halogens is 1. The van der Waals surface area contributed by atoms with Gasteiger partial charge in [-0.25, -0.2) is 9.07 Å². The highest BCUT2D eigenvalue weighted by molar-refractivity contribution is 5.89. The molecular formula is C26H28FN5O3. The third-order valence-electron chi connectivity index (χ3n) is 6.01. The Hall–Kier alpha value is -4.01. The number of amides is 2. The molecule has 0 radical (unpaired) electrons. The van der Waals surface area contributed by atoms with E-state index in [0.717, 1.165) is 0 Å². The summed E-state index contributed by atoms with van der Waals surface area (Å²) in [6.07, 6.45) is 2.16. The van der Waals surface area contributed by atoms with E-state index in [0.29, 0.717) is 28.8 Å². The SMILES string of the molecule is CCC(C)(C)NC(=O)C(c1ccco1)N(Cc1ccc(F)cc1)C(=O)Cn1nnc2ccccc21. The number of carbonyl (C=O) groups excluding carboxylic acids is 2. The van der Waals surface area contributed by atoms with Crippen LogP contribution in [-0.2, 0) is 22.7 Å². The van der Waals surface area contributed by atoms with Crippen molar-refractivity contribution in [1.29, 1.82) is 0 Å². The van der Waals surface area contributed by atoms with Gasteiger partial charge in [-0.15, -0.1) is 5.10 Å². The molecule has 0 aliphatic rings. The highest BCUT2D eigenvalue weighted by Crippen LogP contribution is 2.26. The summed E-state index contributed by atoms with van der Waals surface area (Å²) in [5.74, 6) is -0.791. The predicted octanol–water partition coefficient (Wildman–Crippen LogP) is 4.24. The summed E-state index contributed by atoms with van der Waals surface area (Å²) in [5, 5.41) is 11.3. The predicted molar refractivity (Wildman–Crippen MR) is 128 cm³/mol. The van der Waals surface area contributed by atoms with Crippen LogP contribution >= 0.6 is 0 Å². The molecule has 2 aromatic heterocycles. The van der Waals surface area contributed by atoms with E-state index in [-0.39, 0.29) is 30.7 Å². The van der Waals surface area contributed by atoms with Gasteiger partial charge in [0.25, 0.3) is 5.91 Å². The number of nitrogens with zero attached hydrogens (tertiary/aromatic N) is 4. The minimum absolute atomic E-state index is 0.0666. The zero-order valence-corrected chi connectivity index (χ0v) is 19.9. The van der Waals surface area contributed by atoms with Gasteiger partial charge < -0.3 is 14.6 Å². The van der Waals surface area contributed by atoms with E-state index in [1.54, 1.807) is 24.3 Å². The minimum atomic E-state index is -1.04. The molecule has 0 saturated heterocycles. The van der Waals surface area contributed by atoms with Crippen molar-refractivity contribution in [3.05, 3.63) is 84.1 Å². The van der Waals surface area contributed by atoms with Gasteiger partial charge in [0.05, 0.1) is 11.8 Å². The number of hydrogen-bond acceptors (Lipinski definition) is 5. The minimum Gasteiger partial charge on any atom is -0.467 e. The maximum absolute atomic E-state index is 13.7. The molecule has 0 spiro atoms. The fraction of sp³-hybridized carbons (Fsp3) is 0.308. The van der Waals surface area contributed by atoms with Crippen molar-refractivity contribution in [1.82, 2.24) is 25.2 Å². The lowest BCUT2D eigenvalue weighted by Gasteiger charge is -2.33. The first kappa shape index (κ1) is 24.1. The third kappa shape index (κ3) is 5.56. The van der Waals surface area contributed by atoms with Crippen molar-refractivity contribution in [2.24, 2.45) is 0 Å². The van der Waals surface area contributed by atoms with Crippen LogP contribution < -0.4 is 5.32 Å². The van der Waals surface area contributed by atoms with Crippen molar-refractivity contribution in [3.8, 4) is 0 Å². The number of para-hydroxylation sites is 1. The smallest absolute Gasteiger partial charge is 0.251 e. The molecule has 182 valence electrons. The first-order chi connectivity index (χ1) is 16.8. The lowest BCUT2D eigenvalue weighted by molar-refractivity contribution is -0.143. The molecule has 1 unspecified atom stereocenters. The van der Waals surface area contributed by atoms with Crippen LogP contribution in [0.3, 0.4) is 0 Å². The maximum atomic E-state index is 13.7. The molecule has 9 heteroatoms. The molecule has 4 aromatic rings. The second kappa shape index (κ2) is 10.1. The topological polar surface area (TPSA) is 93.3 Å². The Bertz CT molecular complexity index is 1300. The second-order valence-corrected chi connectivity index (χ2v) is 9.03. The lowest BCUT2D eigenvalue weighted by Crippen LogP contribution is -2.50. The molecule has 2 heterocycles. The van der Waals surface area contributed by atoms with Gasteiger partial charge in [-0.2, -0.15) is 0 Å². The van der Waals surface area contributed by atoms with Crippen LogP contribution in [0.5, 0.6) is 0 Å². The van der Waals surface area contributed by atoms with Crippen LogP contribution in [0.1, 0.15) is 44.6 Å². The quantitative estimate of drug-likeness (QED) is 0.389. The standard InChI is InChI=1S/C26H28FN5O3/c1-4-26(2,3)28-25(34)24(22-10-7-15-35-22)31(16-18-11-13-19(27)14-12-18)23(33)17-32-21-9-6-5-8-20(21)29-30-32/h5-15,24H,4,16-17H2,1-3H3,(H,28,34). The molecule has 0 aliphatic heterocycles. The van der Waals surface area contributed by atoms with E-state index in [9.17, 15) is 14.0 Å². The molecule has 4 rings (SSSR count). The van der Waals surface area contributed by atoms with Crippen molar-refractivity contribution in [2.75, 3.05) is 0 Å². The number of carbonyl (C=O) groups is 2. The third-order valence-corrected chi connectivity index (χ3v) is 6.01. The van der Waals surface area contributed by atoms with E-state index < -0.39 is 11.6 Å². The number of furan rings is 1. The van der Waals surface area contributed by atoms with Crippen molar-refractivity contribution >= 4 is 22.8 Å². The summed E-state index contributed by atoms with van der Waals surface area (Å²) >= 11 is 0. The molecule has 0 bridgehead atoms. The number of fused-ring (bicyclic) bond motifs is 1. The summed E-state index contributed by atoms with van der Waals surface area (Å²) in [6.45, 7) is 5.73. The number of benzene rings is 2. The van der Waals surface area contributed by atoms with E-state index >= 15 is 0 Å². The van der Waals surface area contributed by atoms with Crippen molar-refractivity contribution < 1.29 is 18.4 Å². The zero-order valence-electron chi connectivity index (χ0n) is 19.9. The average Bonchev–Trinajstić information content (AvgIpc) is 3.50. The van der Waals surface area contributed by atoms with Crippen molar-refractivity contribution in [3.63, 3.8) is 0 Å². The molecule has 1 N–H and O–H groups in total.